The maximum Gasteiger partial charge on any atom is 0.0957 e. The number of nitrogens with one attached hydrogen (secondary N) is 1. The van der Waals surface area contributed by atoms with Gasteiger partial charge in [0.25, 0.3) is 0 Å². The van der Waals surface area contributed by atoms with Crippen LogP contribution in [0.15, 0.2) is 0 Å². The molecule has 0 saturated carbocycles. The van der Waals surface area contributed by atoms with Crippen LogP contribution >= 0.6 is 0 Å². The van der Waals surface area contributed by atoms with Crippen LogP contribution in [0.1, 0.15) is 65.7 Å². The summed E-state index contributed by atoms with van der Waals surface area (Å²) in [5.74, 6) is 0.829. The van der Waals surface area contributed by atoms with E-state index in [0.29, 0.717) is 0 Å². The predicted octanol–water partition coefficient (Wildman–Crippen LogP) is 4.06. The standard InChI is InChI=1S/C13H28N2/c1-4-7-8-9-10-11-12-13(14)15(5-2)6-3/h14H,4-12H2,1-3H3. The van der Waals surface area contributed by atoms with Gasteiger partial charge in [0.1, 0.15) is 0 Å². The zero-order valence-electron chi connectivity index (χ0n) is 10.8. The quantitative estimate of drug-likeness (QED) is 0.348. The number of nitrogens with zero attached hydrogens (tertiary/aromatic N) is 1. The lowest BCUT2D eigenvalue weighted by Gasteiger charge is -2.21. The summed E-state index contributed by atoms with van der Waals surface area (Å²) in [5.41, 5.74) is 0. The van der Waals surface area contributed by atoms with Gasteiger partial charge in [0.2, 0.25) is 0 Å². The molecule has 0 saturated heterocycles. The molecular weight excluding hydrogens is 184 g/mol. The second kappa shape index (κ2) is 10.0. The Bertz CT molecular complexity index is 151. The van der Waals surface area contributed by atoms with Crippen LogP contribution in [0.5, 0.6) is 0 Å². The van der Waals surface area contributed by atoms with Gasteiger partial charge in [-0.05, 0) is 20.3 Å². The van der Waals surface area contributed by atoms with E-state index in [0.717, 1.165) is 25.3 Å². The fourth-order valence-electron chi connectivity index (χ4n) is 1.84. The van der Waals surface area contributed by atoms with Gasteiger partial charge in [-0.3, -0.25) is 5.41 Å². The summed E-state index contributed by atoms with van der Waals surface area (Å²) in [6.07, 6.45) is 8.85. The number of rotatable bonds is 9. The van der Waals surface area contributed by atoms with Gasteiger partial charge in [0, 0.05) is 19.5 Å². The normalized spacial score (nSPS) is 10.3. The summed E-state index contributed by atoms with van der Waals surface area (Å²) in [5, 5.41) is 7.89. The van der Waals surface area contributed by atoms with Crippen LogP contribution in [0.3, 0.4) is 0 Å². The molecule has 0 aromatic rings. The van der Waals surface area contributed by atoms with Crippen LogP contribution in [0, 0.1) is 5.41 Å². The topological polar surface area (TPSA) is 27.1 Å². The fourth-order valence-corrected chi connectivity index (χ4v) is 1.84. The monoisotopic (exact) mass is 212 g/mol. The van der Waals surface area contributed by atoms with Crippen molar-refractivity contribution in [3.8, 4) is 0 Å². The number of unbranched alkanes of at least 4 members (excludes halogenated alkanes) is 5. The van der Waals surface area contributed by atoms with Gasteiger partial charge in [-0.25, -0.2) is 0 Å². The highest BCUT2D eigenvalue weighted by Gasteiger charge is 2.03. The van der Waals surface area contributed by atoms with Gasteiger partial charge >= 0.3 is 0 Å². The summed E-state index contributed by atoms with van der Waals surface area (Å²) in [7, 11) is 0. The summed E-state index contributed by atoms with van der Waals surface area (Å²) in [4.78, 5) is 2.14. The van der Waals surface area contributed by atoms with E-state index in [1.54, 1.807) is 0 Å². The molecule has 0 spiro atoms. The Hall–Kier alpha value is -0.530. The molecule has 0 aliphatic heterocycles. The molecule has 15 heavy (non-hydrogen) atoms. The molecule has 1 N–H and O–H groups in total. The molecule has 0 atom stereocenters. The SMILES string of the molecule is CCCCCCCCC(=N)N(CC)CC. The Morgan fingerprint density at radius 2 is 1.40 bits per heavy atom. The first kappa shape index (κ1) is 14.5. The number of hydrogen-bond donors (Lipinski definition) is 1. The van der Waals surface area contributed by atoms with Gasteiger partial charge in [-0.1, -0.05) is 39.0 Å². The molecule has 0 heterocycles. The van der Waals surface area contributed by atoms with Crippen molar-refractivity contribution in [1.29, 1.82) is 5.41 Å². The second-order valence-corrected chi connectivity index (χ2v) is 4.14. The third kappa shape index (κ3) is 7.40. The van der Waals surface area contributed by atoms with Crippen molar-refractivity contribution in [2.45, 2.75) is 65.7 Å². The van der Waals surface area contributed by atoms with E-state index >= 15 is 0 Å². The maximum absolute atomic E-state index is 7.89. The van der Waals surface area contributed by atoms with Gasteiger partial charge in [-0.15, -0.1) is 0 Å². The van der Waals surface area contributed by atoms with Crippen molar-refractivity contribution < 1.29 is 0 Å². The van der Waals surface area contributed by atoms with E-state index in [9.17, 15) is 0 Å². The van der Waals surface area contributed by atoms with E-state index in [2.05, 4.69) is 25.7 Å². The lowest BCUT2D eigenvalue weighted by molar-refractivity contribution is 0.447. The Morgan fingerprint density at radius 1 is 0.867 bits per heavy atom. The molecule has 0 amide bonds. The van der Waals surface area contributed by atoms with Crippen molar-refractivity contribution in [3.05, 3.63) is 0 Å². The molecule has 0 aliphatic rings. The highest BCUT2D eigenvalue weighted by Crippen LogP contribution is 2.08. The average Bonchev–Trinajstić information content (AvgIpc) is 2.25. The van der Waals surface area contributed by atoms with E-state index in [-0.39, 0.29) is 0 Å². The molecule has 0 aliphatic carbocycles. The molecular formula is C13H28N2. The van der Waals surface area contributed by atoms with Crippen molar-refractivity contribution in [2.24, 2.45) is 0 Å². The average molecular weight is 212 g/mol. The van der Waals surface area contributed by atoms with Crippen molar-refractivity contribution >= 4 is 5.84 Å². The molecule has 2 nitrogen and oxygen atoms in total. The molecule has 0 radical (unpaired) electrons. The van der Waals surface area contributed by atoms with E-state index in [4.69, 9.17) is 5.41 Å². The molecule has 0 aromatic carbocycles. The van der Waals surface area contributed by atoms with Crippen LogP contribution in [-0.2, 0) is 0 Å². The maximum atomic E-state index is 7.89. The van der Waals surface area contributed by atoms with E-state index in [1.165, 1.54) is 38.5 Å². The molecule has 0 rings (SSSR count). The minimum absolute atomic E-state index is 0.829. The molecule has 0 bridgehead atoms. The lowest BCUT2D eigenvalue weighted by Crippen LogP contribution is -2.29. The van der Waals surface area contributed by atoms with Gasteiger partial charge in [0.05, 0.1) is 5.84 Å². The Morgan fingerprint density at radius 3 is 1.93 bits per heavy atom. The van der Waals surface area contributed by atoms with Crippen LogP contribution in [-0.4, -0.2) is 23.8 Å². The Balaban J connectivity index is 3.38. The second-order valence-electron chi connectivity index (χ2n) is 4.14. The van der Waals surface area contributed by atoms with Crippen LogP contribution in [0.25, 0.3) is 0 Å². The summed E-state index contributed by atoms with van der Waals surface area (Å²) < 4.78 is 0. The fraction of sp³-hybridized carbons (Fsp3) is 0.923. The predicted molar refractivity (Wildman–Crippen MR) is 68.6 cm³/mol. The highest BCUT2D eigenvalue weighted by atomic mass is 15.1. The van der Waals surface area contributed by atoms with Gasteiger partial charge < -0.3 is 4.90 Å². The minimum Gasteiger partial charge on any atom is -0.361 e. The number of amidine groups is 1. The molecule has 90 valence electrons. The van der Waals surface area contributed by atoms with Gasteiger partial charge in [-0.2, -0.15) is 0 Å². The number of hydrogen-bond acceptors (Lipinski definition) is 1. The summed E-state index contributed by atoms with van der Waals surface area (Å²) in [6.45, 7) is 8.45. The zero-order chi connectivity index (χ0) is 11.5. The smallest absolute Gasteiger partial charge is 0.0957 e. The molecule has 0 unspecified atom stereocenters. The summed E-state index contributed by atoms with van der Waals surface area (Å²) >= 11 is 0. The first-order chi connectivity index (χ1) is 7.26. The van der Waals surface area contributed by atoms with Crippen molar-refractivity contribution in [3.63, 3.8) is 0 Å². The first-order valence-electron chi connectivity index (χ1n) is 6.58. The molecule has 2 heteroatoms. The van der Waals surface area contributed by atoms with Crippen molar-refractivity contribution in [2.75, 3.05) is 13.1 Å². The zero-order valence-corrected chi connectivity index (χ0v) is 10.8. The lowest BCUT2D eigenvalue weighted by atomic mass is 10.1. The Kier molecular flexibility index (Phi) is 9.65. The highest BCUT2D eigenvalue weighted by molar-refractivity contribution is 5.78. The van der Waals surface area contributed by atoms with Crippen LogP contribution < -0.4 is 0 Å². The first-order valence-corrected chi connectivity index (χ1v) is 6.58. The minimum atomic E-state index is 0.829. The Labute approximate surface area is 95.6 Å². The van der Waals surface area contributed by atoms with E-state index < -0.39 is 0 Å². The third-order valence-corrected chi connectivity index (χ3v) is 2.91. The van der Waals surface area contributed by atoms with Crippen LogP contribution in [0.2, 0.25) is 0 Å². The largest absolute Gasteiger partial charge is 0.361 e. The van der Waals surface area contributed by atoms with Crippen LogP contribution in [0.4, 0.5) is 0 Å². The van der Waals surface area contributed by atoms with E-state index in [1.807, 2.05) is 0 Å². The molecule has 0 fully saturated rings. The van der Waals surface area contributed by atoms with Gasteiger partial charge in [0.15, 0.2) is 0 Å². The van der Waals surface area contributed by atoms with Crippen molar-refractivity contribution in [1.82, 2.24) is 4.90 Å². The summed E-state index contributed by atoms with van der Waals surface area (Å²) in [6, 6.07) is 0. The molecule has 0 aromatic heterocycles. The third-order valence-electron chi connectivity index (χ3n) is 2.91.